The van der Waals surface area contributed by atoms with Crippen molar-refractivity contribution in [3.8, 4) is 22.5 Å². The lowest BCUT2D eigenvalue weighted by Crippen LogP contribution is -2.14. The zero-order valence-electron chi connectivity index (χ0n) is 19.7. The molecule has 0 saturated carbocycles. The molecule has 1 amide bonds. The Bertz CT molecular complexity index is 1360. The first-order valence-corrected chi connectivity index (χ1v) is 12.1. The van der Waals surface area contributed by atoms with Gasteiger partial charge in [-0.2, -0.15) is 26.3 Å². The molecule has 0 unspecified atom stereocenters. The summed E-state index contributed by atoms with van der Waals surface area (Å²) in [6.45, 7) is 1.88. The minimum absolute atomic E-state index is 0.0726. The molecule has 0 fully saturated rings. The fraction of sp³-hybridized carbons (Fsp3) is 0.148. The van der Waals surface area contributed by atoms with Gasteiger partial charge in [-0.1, -0.05) is 48.2 Å². The first-order chi connectivity index (χ1) is 17.9. The molecule has 0 aliphatic rings. The number of halogens is 6. The average molecular weight is 548 g/mol. The lowest BCUT2D eigenvalue weighted by Gasteiger charge is -2.11. The van der Waals surface area contributed by atoms with Crippen LogP contribution in [0.15, 0.2) is 84.0 Å². The predicted molar refractivity (Wildman–Crippen MR) is 133 cm³/mol. The van der Waals surface area contributed by atoms with E-state index in [1.54, 1.807) is 18.2 Å². The molecule has 0 aliphatic carbocycles. The second kappa shape index (κ2) is 10.9. The van der Waals surface area contributed by atoms with Gasteiger partial charge in [-0.15, -0.1) is 0 Å². The summed E-state index contributed by atoms with van der Waals surface area (Å²) in [5, 5.41) is 2.89. The van der Waals surface area contributed by atoms with Gasteiger partial charge in [0.15, 0.2) is 5.16 Å². The van der Waals surface area contributed by atoms with E-state index in [-0.39, 0.29) is 28.2 Å². The topological polar surface area (TPSA) is 54.9 Å². The second-order valence-electron chi connectivity index (χ2n) is 8.28. The Kier molecular flexibility index (Phi) is 7.77. The first kappa shape index (κ1) is 27.2. The van der Waals surface area contributed by atoms with Crippen molar-refractivity contribution in [2.45, 2.75) is 24.4 Å². The average Bonchev–Trinajstić information content (AvgIpc) is 2.86. The summed E-state index contributed by atoms with van der Waals surface area (Å²) < 4.78 is 78.0. The van der Waals surface area contributed by atoms with Crippen LogP contribution in [0.4, 0.5) is 32.0 Å². The van der Waals surface area contributed by atoms with Crippen LogP contribution in [0.5, 0.6) is 0 Å². The normalized spacial score (nSPS) is 11.9. The number of rotatable bonds is 6. The van der Waals surface area contributed by atoms with Crippen LogP contribution in [0.25, 0.3) is 22.5 Å². The number of thioether (sulfide) groups is 1. The van der Waals surface area contributed by atoms with Gasteiger partial charge in [-0.3, -0.25) is 4.79 Å². The molecule has 1 aromatic heterocycles. The Labute approximate surface area is 218 Å². The number of aromatic nitrogens is 2. The van der Waals surface area contributed by atoms with Crippen molar-refractivity contribution in [3.05, 3.63) is 95.6 Å². The van der Waals surface area contributed by atoms with Crippen molar-refractivity contribution >= 4 is 23.4 Å². The van der Waals surface area contributed by atoms with E-state index in [1.165, 1.54) is 30.3 Å². The molecule has 38 heavy (non-hydrogen) atoms. The maximum absolute atomic E-state index is 13.0. The number of carbonyl (C=O) groups is 1. The zero-order chi connectivity index (χ0) is 27.5. The van der Waals surface area contributed by atoms with E-state index >= 15 is 0 Å². The summed E-state index contributed by atoms with van der Waals surface area (Å²) in [4.78, 5) is 21.2. The minimum atomic E-state index is -4.51. The molecule has 0 radical (unpaired) electrons. The molecule has 1 N–H and O–H groups in total. The number of amides is 1. The molecule has 196 valence electrons. The number of anilines is 1. The van der Waals surface area contributed by atoms with Gasteiger partial charge in [0, 0.05) is 16.8 Å². The molecule has 0 bridgehead atoms. The quantitative estimate of drug-likeness (QED) is 0.152. The number of nitrogens with zero attached hydrogens (tertiary/aromatic N) is 2. The molecule has 4 rings (SSSR count). The predicted octanol–water partition coefficient (Wildman–Crippen LogP) is 7.89. The Morgan fingerprint density at radius 1 is 0.763 bits per heavy atom. The fourth-order valence-corrected chi connectivity index (χ4v) is 4.15. The van der Waals surface area contributed by atoms with Crippen LogP contribution in [0, 0.1) is 6.92 Å². The highest BCUT2D eigenvalue weighted by Crippen LogP contribution is 2.34. The maximum Gasteiger partial charge on any atom is 0.416 e. The van der Waals surface area contributed by atoms with Gasteiger partial charge in [0.25, 0.3) is 0 Å². The van der Waals surface area contributed by atoms with Gasteiger partial charge in [-0.25, -0.2) is 9.97 Å². The summed E-state index contributed by atoms with van der Waals surface area (Å²) >= 11 is 0.990. The number of carbonyl (C=O) groups excluding carboxylic acids is 1. The van der Waals surface area contributed by atoms with Gasteiger partial charge >= 0.3 is 12.4 Å². The van der Waals surface area contributed by atoms with E-state index in [9.17, 15) is 31.1 Å². The number of nitrogens with one attached hydrogen (secondary N) is 1. The van der Waals surface area contributed by atoms with Crippen molar-refractivity contribution < 1.29 is 31.1 Å². The summed E-state index contributed by atoms with van der Waals surface area (Å²) in [7, 11) is 0. The Hall–Kier alpha value is -3.86. The molecule has 4 nitrogen and oxygen atoms in total. The van der Waals surface area contributed by atoms with Crippen LogP contribution in [0.2, 0.25) is 0 Å². The van der Waals surface area contributed by atoms with Gasteiger partial charge < -0.3 is 5.32 Å². The Balaban J connectivity index is 1.63. The largest absolute Gasteiger partial charge is 0.416 e. The zero-order valence-corrected chi connectivity index (χ0v) is 20.5. The van der Waals surface area contributed by atoms with Crippen LogP contribution in [-0.2, 0) is 17.1 Å². The SMILES string of the molecule is Cc1cccc(NC(=O)CSc2nc(-c3ccc(C(F)(F)F)cc3)cc(-c3ccc(C(F)(F)F)cc3)n2)c1. The lowest BCUT2D eigenvalue weighted by molar-refractivity contribution is -0.138. The maximum atomic E-state index is 13.0. The third kappa shape index (κ3) is 6.91. The van der Waals surface area contributed by atoms with Crippen LogP contribution in [-0.4, -0.2) is 21.6 Å². The van der Waals surface area contributed by atoms with Crippen molar-refractivity contribution in [2.75, 3.05) is 11.1 Å². The molecule has 0 saturated heterocycles. The van der Waals surface area contributed by atoms with Gasteiger partial charge in [0.2, 0.25) is 5.91 Å². The smallest absolute Gasteiger partial charge is 0.325 e. The van der Waals surface area contributed by atoms with Crippen LogP contribution in [0.1, 0.15) is 16.7 Å². The summed E-state index contributed by atoms with van der Waals surface area (Å²) in [5.41, 5.74) is 1.11. The van der Waals surface area contributed by atoms with E-state index in [1.807, 2.05) is 13.0 Å². The lowest BCUT2D eigenvalue weighted by atomic mass is 10.0. The van der Waals surface area contributed by atoms with E-state index in [4.69, 9.17) is 0 Å². The highest BCUT2D eigenvalue weighted by molar-refractivity contribution is 7.99. The number of benzene rings is 3. The fourth-order valence-electron chi connectivity index (χ4n) is 3.50. The first-order valence-electron chi connectivity index (χ1n) is 11.1. The van der Waals surface area contributed by atoms with Crippen molar-refractivity contribution in [2.24, 2.45) is 0 Å². The second-order valence-corrected chi connectivity index (χ2v) is 9.22. The molecule has 0 atom stereocenters. The molecule has 3 aromatic carbocycles. The molecule has 4 aromatic rings. The summed E-state index contributed by atoms with van der Waals surface area (Å²) in [5.74, 6) is -0.406. The molecule has 0 aliphatic heterocycles. The van der Waals surface area contributed by atoms with Gasteiger partial charge in [0.1, 0.15) is 0 Å². The highest BCUT2D eigenvalue weighted by Gasteiger charge is 2.31. The monoisotopic (exact) mass is 547 g/mol. The number of aryl methyl sites for hydroxylation is 1. The summed E-state index contributed by atoms with van der Waals surface area (Å²) in [6, 6.07) is 17.3. The van der Waals surface area contributed by atoms with E-state index in [0.717, 1.165) is 41.6 Å². The number of hydrogen-bond acceptors (Lipinski definition) is 4. The molecule has 1 heterocycles. The van der Waals surface area contributed by atoms with E-state index < -0.39 is 23.5 Å². The van der Waals surface area contributed by atoms with E-state index in [2.05, 4.69) is 15.3 Å². The van der Waals surface area contributed by atoms with Crippen molar-refractivity contribution in [3.63, 3.8) is 0 Å². The van der Waals surface area contributed by atoms with Gasteiger partial charge in [0.05, 0.1) is 28.3 Å². The van der Waals surface area contributed by atoms with Crippen LogP contribution in [0.3, 0.4) is 0 Å². The number of hydrogen-bond donors (Lipinski definition) is 1. The Morgan fingerprint density at radius 3 is 1.71 bits per heavy atom. The third-order valence-electron chi connectivity index (χ3n) is 5.36. The Morgan fingerprint density at radius 2 is 1.26 bits per heavy atom. The van der Waals surface area contributed by atoms with Crippen LogP contribution >= 0.6 is 11.8 Å². The third-order valence-corrected chi connectivity index (χ3v) is 6.20. The van der Waals surface area contributed by atoms with E-state index in [0.29, 0.717) is 16.8 Å². The molecule has 11 heteroatoms. The molecule has 0 spiro atoms. The standard InChI is InChI=1S/C27H19F6N3OS/c1-16-3-2-4-21(13-16)34-24(37)15-38-25-35-22(17-5-9-19(10-6-17)26(28,29)30)14-23(36-25)18-7-11-20(12-8-18)27(31,32)33/h2-14H,15H2,1H3,(H,34,37). The minimum Gasteiger partial charge on any atom is -0.325 e. The molecular formula is C27H19F6N3OS. The summed E-state index contributed by atoms with van der Waals surface area (Å²) in [6.07, 6.45) is -9.03. The van der Waals surface area contributed by atoms with Gasteiger partial charge in [-0.05, 0) is 55.0 Å². The molecular weight excluding hydrogens is 528 g/mol. The highest BCUT2D eigenvalue weighted by atomic mass is 32.2. The van der Waals surface area contributed by atoms with Crippen molar-refractivity contribution in [1.29, 1.82) is 0 Å². The van der Waals surface area contributed by atoms with Crippen LogP contribution < -0.4 is 5.32 Å². The number of alkyl halides is 6. The van der Waals surface area contributed by atoms with Crippen molar-refractivity contribution in [1.82, 2.24) is 9.97 Å².